The van der Waals surface area contributed by atoms with Crippen LogP contribution in [0, 0.1) is 0 Å². The molecule has 2 aromatic carbocycles. The van der Waals surface area contributed by atoms with Gasteiger partial charge in [0.1, 0.15) is 0 Å². The van der Waals surface area contributed by atoms with E-state index in [4.69, 9.17) is 28.0 Å². The van der Waals surface area contributed by atoms with Crippen LogP contribution in [-0.4, -0.2) is 34.0 Å². The van der Waals surface area contributed by atoms with Crippen molar-refractivity contribution in [3.05, 3.63) is 69.2 Å². The van der Waals surface area contributed by atoms with Crippen LogP contribution >= 0.6 is 23.2 Å². The number of nitrogens with zero attached hydrogens (tertiary/aromatic N) is 2. The maximum atomic E-state index is 14.2. The third-order valence-corrected chi connectivity index (χ3v) is 6.20. The van der Waals surface area contributed by atoms with Crippen LogP contribution in [0.15, 0.2) is 47.6 Å². The molecule has 0 saturated heterocycles. The summed E-state index contributed by atoms with van der Waals surface area (Å²) in [5.41, 5.74) is -2.60. The molecule has 1 amide bonds. The SMILES string of the molecule is CC(C)N(C(=O)O)C(C)(C)c1ccc(C2=NOC(c3cc(Cl)cc(Cl)c3)(C(F)(F)F)C2)cc1. The van der Waals surface area contributed by atoms with Gasteiger partial charge in [-0.15, -0.1) is 0 Å². The predicted octanol–water partition coefficient (Wildman–Crippen LogP) is 7.20. The Morgan fingerprint density at radius 1 is 1.12 bits per heavy atom. The number of amides is 1. The monoisotopic (exact) mass is 502 g/mol. The second kappa shape index (κ2) is 8.72. The fourth-order valence-electron chi connectivity index (χ4n) is 4.16. The topological polar surface area (TPSA) is 62.1 Å². The van der Waals surface area contributed by atoms with Gasteiger partial charge in [-0.2, -0.15) is 13.2 Å². The quantitative estimate of drug-likeness (QED) is 0.470. The molecule has 0 bridgehead atoms. The average molecular weight is 503 g/mol. The molecule has 2 aromatic rings. The molecule has 178 valence electrons. The summed E-state index contributed by atoms with van der Waals surface area (Å²) in [4.78, 5) is 18.1. The first-order valence-electron chi connectivity index (χ1n) is 10.1. The standard InChI is InChI=1S/C23H23Cl2F3N2O3/c1-13(2)30(20(31)32)21(3,4)15-7-5-14(6-8-15)19-12-22(33-29-19,23(26,27)28)16-9-17(24)11-18(25)10-16/h5-11,13H,12H2,1-4H3,(H,31,32). The van der Waals surface area contributed by atoms with Crippen molar-refractivity contribution in [1.82, 2.24) is 4.90 Å². The number of oxime groups is 1. The molecule has 1 aliphatic heterocycles. The molecule has 1 atom stereocenters. The number of benzene rings is 2. The van der Waals surface area contributed by atoms with Crippen LogP contribution in [0.1, 0.15) is 50.8 Å². The maximum absolute atomic E-state index is 14.2. The van der Waals surface area contributed by atoms with E-state index in [0.29, 0.717) is 11.1 Å². The van der Waals surface area contributed by atoms with Gasteiger partial charge in [-0.05, 0) is 57.0 Å². The van der Waals surface area contributed by atoms with Gasteiger partial charge in [0.25, 0.3) is 5.60 Å². The highest BCUT2D eigenvalue weighted by Crippen LogP contribution is 2.49. The third-order valence-electron chi connectivity index (χ3n) is 5.76. The highest BCUT2D eigenvalue weighted by molar-refractivity contribution is 6.34. The second-order valence-electron chi connectivity index (χ2n) is 8.67. The smallest absolute Gasteiger partial charge is 0.435 e. The van der Waals surface area contributed by atoms with Gasteiger partial charge in [0.15, 0.2) is 0 Å². The Bertz CT molecular complexity index is 1070. The highest BCUT2D eigenvalue weighted by atomic mass is 35.5. The van der Waals surface area contributed by atoms with Gasteiger partial charge >= 0.3 is 12.3 Å². The zero-order chi connectivity index (χ0) is 24.8. The number of carboxylic acid groups (broad SMARTS) is 1. The van der Waals surface area contributed by atoms with Crippen molar-refractivity contribution in [1.29, 1.82) is 0 Å². The predicted molar refractivity (Wildman–Crippen MR) is 121 cm³/mol. The normalized spacial score (nSPS) is 18.8. The Balaban J connectivity index is 1.93. The highest BCUT2D eigenvalue weighted by Gasteiger charge is 2.62. The van der Waals surface area contributed by atoms with Crippen LogP contribution in [0.3, 0.4) is 0 Å². The van der Waals surface area contributed by atoms with Crippen molar-refractivity contribution in [3.8, 4) is 0 Å². The van der Waals surface area contributed by atoms with E-state index in [1.165, 1.54) is 11.0 Å². The van der Waals surface area contributed by atoms with E-state index in [0.717, 1.165) is 12.1 Å². The summed E-state index contributed by atoms with van der Waals surface area (Å²) in [6.07, 6.45) is -6.42. The lowest BCUT2D eigenvalue weighted by atomic mass is 9.85. The Morgan fingerprint density at radius 2 is 1.67 bits per heavy atom. The van der Waals surface area contributed by atoms with E-state index in [-0.39, 0.29) is 27.4 Å². The van der Waals surface area contributed by atoms with E-state index in [9.17, 15) is 23.1 Å². The molecule has 1 aliphatic rings. The molecule has 5 nitrogen and oxygen atoms in total. The number of hydrogen-bond acceptors (Lipinski definition) is 3. The van der Waals surface area contributed by atoms with E-state index >= 15 is 0 Å². The first-order valence-corrected chi connectivity index (χ1v) is 10.9. The number of halogens is 5. The van der Waals surface area contributed by atoms with Gasteiger partial charge in [0.2, 0.25) is 0 Å². The third kappa shape index (κ3) is 4.64. The molecule has 0 aromatic heterocycles. The van der Waals surface area contributed by atoms with Crippen LogP contribution in [0.4, 0.5) is 18.0 Å². The molecule has 0 spiro atoms. The van der Waals surface area contributed by atoms with Gasteiger partial charge in [0, 0.05) is 28.1 Å². The van der Waals surface area contributed by atoms with Gasteiger partial charge in [0.05, 0.1) is 11.3 Å². The molecule has 0 aliphatic carbocycles. The van der Waals surface area contributed by atoms with Crippen molar-refractivity contribution in [2.45, 2.75) is 57.5 Å². The lowest BCUT2D eigenvalue weighted by Gasteiger charge is -2.40. The van der Waals surface area contributed by atoms with Crippen LogP contribution in [0.2, 0.25) is 10.0 Å². The molecule has 0 fully saturated rings. The minimum absolute atomic E-state index is 0.0536. The molecule has 1 heterocycles. The molecule has 0 saturated carbocycles. The molecule has 3 rings (SSSR count). The van der Waals surface area contributed by atoms with Crippen molar-refractivity contribution >= 4 is 35.0 Å². The van der Waals surface area contributed by atoms with Gasteiger partial charge in [-0.25, -0.2) is 4.79 Å². The molecule has 0 radical (unpaired) electrons. The summed E-state index contributed by atoms with van der Waals surface area (Å²) < 4.78 is 42.5. The summed E-state index contributed by atoms with van der Waals surface area (Å²) in [7, 11) is 0. The summed E-state index contributed by atoms with van der Waals surface area (Å²) in [5.74, 6) is 0. The minimum atomic E-state index is -4.78. The van der Waals surface area contributed by atoms with Gasteiger partial charge in [-0.1, -0.05) is 52.6 Å². The van der Waals surface area contributed by atoms with Crippen LogP contribution in [0.5, 0.6) is 0 Å². The van der Waals surface area contributed by atoms with Crippen molar-refractivity contribution in [2.24, 2.45) is 5.16 Å². The Morgan fingerprint density at radius 3 is 2.12 bits per heavy atom. The molecule has 1 N–H and O–H groups in total. The van der Waals surface area contributed by atoms with E-state index in [1.54, 1.807) is 52.0 Å². The number of hydrogen-bond donors (Lipinski definition) is 1. The van der Waals surface area contributed by atoms with Crippen molar-refractivity contribution in [3.63, 3.8) is 0 Å². The lowest BCUT2D eigenvalue weighted by molar-refractivity contribution is -0.275. The molecular weight excluding hydrogens is 480 g/mol. The molecular formula is C23H23Cl2F3N2O3. The number of carbonyl (C=O) groups is 1. The number of alkyl halides is 3. The summed E-state index contributed by atoms with van der Waals surface area (Å²) in [6.45, 7) is 7.08. The molecule has 33 heavy (non-hydrogen) atoms. The Kier molecular flexibility index (Phi) is 6.65. The Labute approximate surface area is 199 Å². The Hall–Kier alpha value is -2.45. The van der Waals surface area contributed by atoms with Crippen LogP contribution in [-0.2, 0) is 16.0 Å². The maximum Gasteiger partial charge on any atom is 0.435 e. The summed E-state index contributed by atoms with van der Waals surface area (Å²) in [6, 6.07) is 9.97. The first-order chi connectivity index (χ1) is 15.2. The largest absolute Gasteiger partial charge is 0.465 e. The number of rotatable bonds is 5. The lowest BCUT2D eigenvalue weighted by Crippen LogP contribution is -2.48. The van der Waals surface area contributed by atoms with Gasteiger partial charge in [-0.3, -0.25) is 4.90 Å². The summed E-state index contributed by atoms with van der Waals surface area (Å²) in [5, 5.41) is 13.5. The fraction of sp³-hybridized carbons (Fsp3) is 0.391. The minimum Gasteiger partial charge on any atom is -0.465 e. The molecule has 10 heteroatoms. The summed E-state index contributed by atoms with van der Waals surface area (Å²) >= 11 is 11.9. The zero-order valence-electron chi connectivity index (χ0n) is 18.4. The van der Waals surface area contributed by atoms with Crippen LogP contribution < -0.4 is 0 Å². The zero-order valence-corrected chi connectivity index (χ0v) is 19.9. The fourth-order valence-corrected chi connectivity index (χ4v) is 4.69. The van der Waals surface area contributed by atoms with E-state index < -0.39 is 29.8 Å². The van der Waals surface area contributed by atoms with Gasteiger partial charge < -0.3 is 9.94 Å². The van der Waals surface area contributed by atoms with Crippen LogP contribution in [0.25, 0.3) is 0 Å². The van der Waals surface area contributed by atoms with Crippen molar-refractivity contribution in [2.75, 3.05) is 0 Å². The molecule has 1 unspecified atom stereocenters. The van der Waals surface area contributed by atoms with E-state index in [2.05, 4.69) is 5.16 Å². The second-order valence-corrected chi connectivity index (χ2v) is 9.54. The first kappa shape index (κ1) is 25.2. The van der Waals surface area contributed by atoms with E-state index in [1.807, 2.05) is 0 Å². The average Bonchev–Trinajstić information content (AvgIpc) is 3.13. The van der Waals surface area contributed by atoms with Crippen molar-refractivity contribution < 1.29 is 27.9 Å².